The van der Waals surface area contributed by atoms with E-state index in [1.165, 1.54) is 0 Å². The highest BCUT2D eigenvalue weighted by atomic mass is 31.2. The molecule has 0 spiro atoms. The third-order valence-corrected chi connectivity index (χ3v) is 3.80. The van der Waals surface area contributed by atoms with E-state index in [0.717, 1.165) is 0 Å². The van der Waals surface area contributed by atoms with Crippen LogP contribution in [0.3, 0.4) is 0 Å². The van der Waals surface area contributed by atoms with Crippen LogP contribution < -0.4 is 11.0 Å². The maximum absolute atomic E-state index is 12.0. The number of ether oxygens (including phenoxy) is 1. The van der Waals surface area contributed by atoms with Gasteiger partial charge in [0.2, 0.25) is 0 Å². The number of carbonyl (C=O) groups is 1. The molecule has 0 bridgehead atoms. The number of benzene rings is 1. The van der Waals surface area contributed by atoms with Crippen LogP contribution in [0, 0.1) is 0 Å². The molecule has 4 nitrogen and oxygen atoms in total. The molecule has 0 radical (unpaired) electrons. The van der Waals surface area contributed by atoms with Crippen LogP contribution in [0.5, 0.6) is 0 Å². The first-order valence-corrected chi connectivity index (χ1v) is 8.29. The molecule has 0 saturated heterocycles. The topological polar surface area (TPSA) is 69.4 Å². The largest absolute Gasteiger partial charge is 0.456 e. The summed E-state index contributed by atoms with van der Waals surface area (Å²) < 4.78 is 17.3. The highest BCUT2D eigenvalue weighted by Crippen LogP contribution is 2.35. The van der Waals surface area contributed by atoms with Gasteiger partial charge < -0.3 is 15.0 Å². The van der Waals surface area contributed by atoms with Gasteiger partial charge in [0, 0.05) is 11.0 Å². The SMILES string of the molecule is CC(C)(C)OC(=O)c1cc(P(C)(C)=O)ccc1N. The van der Waals surface area contributed by atoms with Crippen molar-refractivity contribution in [2.75, 3.05) is 19.1 Å². The van der Waals surface area contributed by atoms with E-state index in [0.29, 0.717) is 11.0 Å². The second-order valence-corrected chi connectivity index (χ2v) is 8.84. The summed E-state index contributed by atoms with van der Waals surface area (Å²) in [7, 11) is -2.42. The molecule has 0 amide bonds. The lowest BCUT2D eigenvalue weighted by molar-refractivity contribution is 0.00709. The van der Waals surface area contributed by atoms with Crippen LogP contribution in [0.2, 0.25) is 0 Å². The fraction of sp³-hybridized carbons (Fsp3) is 0.462. The lowest BCUT2D eigenvalue weighted by Gasteiger charge is -2.20. The van der Waals surface area contributed by atoms with Gasteiger partial charge in [0.15, 0.2) is 0 Å². The fourth-order valence-corrected chi connectivity index (χ4v) is 2.26. The van der Waals surface area contributed by atoms with Crippen LogP contribution in [0.25, 0.3) is 0 Å². The summed E-state index contributed by atoms with van der Waals surface area (Å²) >= 11 is 0. The van der Waals surface area contributed by atoms with Crippen LogP contribution in [0.15, 0.2) is 18.2 Å². The first-order valence-electron chi connectivity index (χ1n) is 5.69. The Morgan fingerprint density at radius 2 is 1.83 bits per heavy atom. The third-order valence-electron chi connectivity index (χ3n) is 2.28. The zero-order valence-electron chi connectivity index (χ0n) is 11.5. The Labute approximate surface area is 108 Å². The summed E-state index contributed by atoms with van der Waals surface area (Å²) in [5.74, 6) is -0.490. The maximum atomic E-state index is 12.0. The minimum Gasteiger partial charge on any atom is -0.456 e. The van der Waals surface area contributed by atoms with Crippen molar-refractivity contribution >= 4 is 24.1 Å². The highest BCUT2D eigenvalue weighted by molar-refractivity contribution is 7.70. The van der Waals surface area contributed by atoms with Crippen LogP contribution in [-0.2, 0) is 9.30 Å². The van der Waals surface area contributed by atoms with Gasteiger partial charge in [0.25, 0.3) is 0 Å². The van der Waals surface area contributed by atoms with Gasteiger partial charge in [-0.3, -0.25) is 0 Å². The Morgan fingerprint density at radius 3 is 2.28 bits per heavy atom. The number of hydrogen-bond acceptors (Lipinski definition) is 4. The molecule has 0 aliphatic carbocycles. The summed E-state index contributed by atoms with van der Waals surface area (Å²) in [4.78, 5) is 12.0. The molecule has 2 N–H and O–H groups in total. The van der Waals surface area contributed by atoms with E-state index in [9.17, 15) is 9.36 Å². The average molecular weight is 269 g/mol. The van der Waals surface area contributed by atoms with E-state index in [1.807, 2.05) is 0 Å². The zero-order valence-corrected chi connectivity index (χ0v) is 12.4. The molecule has 0 atom stereocenters. The van der Waals surface area contributed by atoms with Crippen molar-refractivity contribution < 1.29 is 14.1 Å². The molecular formula is C13H20NO3P. The second-order valence-electron chi connectivity index (χ2n) is 5.62. The molecule has 0 fully saturated rings. The van der Waals surface area contributed by atoms with E-state index in [1.54, 1.807) is 52.3 Å². The molecule has 0 heterocycles. The zero-order chi connectivity index (χ0) is 14.1. The quantitative estimate of drug-likeness (QED) is 0.508. The van der Waals surface area contributed by atoms with Gasteiger partial charge in [0.05, 0.1) is 5.56 Å². The number of nitrogen functional groups attached to an aromatic ring is 1. The summed E-state index contributed by atoms with van der Waals surface area (Å²) in [5, 5.41) is 0.623. The number of carbonyl (C=O) groups excluding carboxylic acids is 1. The van der Waals surface area contributed by atoms with E-state index < -0.39 is 18.7 Å². The molecule has 0 aromatic heterocycles. The molecular weight excluding hydrogens is 249 g/mol. The monoisotopic (exact) mass is 269 g/mol. The van der Waals surface area contributed by atoms with E-state index >= 15 is 0 Å². The molecule has 0 unspecified atom stereocenters. The van der Waals surface area contributed by atoms with Gasteiger partial charge in [-0.05, 0) is 52.3 Å². The fourth-order valence-electron chi connectivity index (χ4n) is 1.39. The standard InChI is InChI=1S/C13H20NO3P/c1-13(2,3)17-12(15)10-8-9(18(4,5)16)6-7-11(10)14/h6-8H,14H2,1-5H3. The predicted octanol–water partition coefficient (Wildman–Crippen LogP) is 2.47. The lowest BCUT2D eigenvalue weighted by Crippen LogP contribution is -2.25. The number of hydrogen-bond donors (Lipinski definition) is 1. The molecule has 0 aliphatic rings. The van der Waals surface area contributed by atoms with Crippen molar-refractivity contribution in [3.8, 4) is 0 Å². The van der Waals surface area contributed by atoms with E-state index in [2.05, 4.69) is 0 Å². The van der Waals surface area contributed by atoms with Crippen molar-refractivity contribution in [1.82, 2.24) is 0 Å². The van der Waals surface area contributed by atoms with Crippen molar-refractivity contribution in [3.63, 3.8) is 0 Å². The van der Waals surface area contributed by atoms with Crippen molar-refractivity contribution in [2.45, 2.75) is 26.4 Å². The van der Waals surface area contributed by atoms with Crippen LogP contribution in [0.1, 0.15) is 31.1 Å². The predicted molar refractivity (Wildman–Crippen MR) is 75.1 cm³/mol. The molecule has 0 aliphatic heterocycles. The minimum atomic E-state index is -2.42. The van der Waals surface area contributed by atoms with Crippen LogP contribution in [-0.4, -0.2) is 24.9 Å². The number of nitrogens with two attached hydrogens (primary N) is 1. The molecule has 1 rings (SSSR count). The van der Waals surface area contributed by atoms with Gasteiger partial charge >= 0.3 is 5.97 Å². The summed E-state index contributed by atoms with van der Waals surface area (Å²) in [5.41, 5.74) is 5.78. The smallest absolute Gasteiger partial charge is 0.340 e. The van der Waals surface area contributed by atoms with Gasteiger partial charge in [-0.1, -0.05) is 0 Å². The Kier molecular flexibility index (Phi) is 3.92. The van der Waals surface area contributed by atoms with E-state index in [4.69, 9.17) is 10.5 Å². The van der Waals surface area contributed by atoms with Crippen LogP contribution in [0.4, 0.5) is 5.69 Å². The summed E-state index contributed by atoms with van der Waals surface area (Å²) in [6.07, 6.45) is 0. The highest BCUT2D eigenvalue weighted by Gasteiger charge is 2.21. The lowest BCUT2D eigenvalue weighted by atomic mass is 10.1. The summed E-state index contributed by atoms with van der Waals surface area (Å²) in [6.45, 7) is 8.66. The van der Waals surface area contributed by atoms with Gasteiger partial charge in [-0.2, -0.15) is 0 Å². The van der Waals surface area contributed by atoms with Gasteiger partial charge in [0.1, 0.15) is 12.7 Å². The normalized spacial score (nSPS) is 12.3. The molecule has 18 heavy (non-hydrogen) atoms. The Morgan fingerprint density at radius 1 is 1.28 bits per heavy atom. The van der Waals surface area contributed by atoms with Crippen LogP contribution >= 0.6 is 7.14 Å². The number of anilines is 1. The van der Waals surface area contributed by atoms with Gasteiger partial charge in [-0.25, -0.2) is 4.79 Å². The first-order chi connectivity index (χ1) is 8.00. The molecule has 0 saturated carbocycles. The first kappa shape index (κ1) is 14.8. The average Bonchev–Trinajstić information content (AvgIpc) is 2.13. The summed E-state index contributed by atoms with van der Waals surface area (Å²) in [6, 6.07) is 4.84. The molecule has 1 aromatic carbocycles. The Bertz CT molecular complexity index is 511. The number of esters is 1. The molecule has 100 valence electrons. The minimum absolute atomic E-state index is 0.270. The second kappa shape index (κ2) is 4.77. The Balaban J connectivity index is 3.17. The molecule has 5 heteroatoms. The van der Waals surface area contributed by atoms with Crippen molar-refractivity contribution in [3.05, 3.63) is 23.8 Å². The third kappa shape index (κ3) is 3.88. The maximum Gasteiger partial charge on any atom is 0.340 e. The van der Waals surface area contributed by atoms with Crippen molar-refractivity contribution in [2.24, 2.45) is 0 Å². The van der Waals surface area contributed by atoms with Gasteiger partial charge in [-0.15, -0.1) is 0 Å². The Hall–Kier alpha value is -1.28. The van der Waals surface area contributed by atoms with E-state index in [-0.39, 0.29) is 5.56 Å². The van der Waals surface area contributed by atoms with Crippen molar-refractivity contribution in [1.29, 1.82) is 0 Å². The molecule has 1 aromatic rings. The number of rotatable bonds is 2.